The van der Waals surface area contributed by atoms with E-state index in [4.69, 9.17) is 6.42 Å². The highest BCUT2D eigenvalue weighted by Crippen LogP contribution is 2.08. The Labute approximate surface area is 141 Å². The largest absolute Gasteiger partial charge is 0.344 e. The highest BCUT2D eigenvalue weighted by Gasteiger charge is 2.20. The highest BCUT2D eigenvalue weighted by molar-refractivity contribution is 5.92. The molecule has 0 bridgehead atoms. The summed E-state index contributed by atoms with van der Waals surface area (Å²) >= 11 is 0. The van der Waals surface area contributed by atoms with Gasteiger partial charge in [-0.15, -0.1) is 6.42 Å². The summed E-state index contributed by atoms with van der Waals surface area (Å²) in [5, 5.41) is 5.37. The standard InChI is InChI=1S/C17H21FN4O2/c1-2-7-19-16(23)12-21-8-10-22(11-9-21)13-17(24)20-15-5-3-14(18)4-6-15/h1,3-6H,7-13H2,(H,19,23)(H,20,24). The minimum Gasteiger partial charge on any atom is -0.344 e. The molecule has 128 valence electrons. The summed E-state index contributed by atoms with van der Waals surface area (Å²) in [7, 11) is 0. The Hall–Kier alpha value is -2.43. The van der Waals surface area contributed by atoms with Crippen LogP contribution >= 0.6 is 0 Å². The second-order valence-electron chi connectivity index (χ2n) is 5.59. The number of halogens is 1. The van der Waals surface area contributed by atoms with Gasteiger partial charge in [-0.2, -0.15) is 0 Å². The first-order valence-corrected chi connectivity index (χ1v) is 7.77. The Balaban J connectivity index is 1.69. The van der Waals surface area contributed by atoms with Crippen molar-refractivity contribution in [2.24, 2.45) is 0 Å². The predicted molar refractivity (Wildman–Crippen MR) is 89.8 cm³/mol. The van der Waals surface area contributed by atoms with Crippen molar-refractivity contribution in [1.82, 2.24) is 15.1 Å². The molecule has 1 aliphatic rings. The third-order valence-electron chi connectivity index (χ3n) is 3.71. The van der Waals surface area contributed by atoms with E-state index in [1.807, 2.05) is 9.80 Å². The lowest BCUT2D eigenvalue weighted by molar-refractivity contribution is -0.123. The van der Waals surface area contributed by atoms with E-state index in [-0.39, 0.29) is 30.7 Å². The minimum atomic E-state index is -0.338. The molecule has 2 N–H and O–H groups in total. The Morgan fingerprint density at radius 2 is 1.58 bits per heavy atom. The molecule has 7 heteroatoms. The normalized spacial score (nSPS) is 15.5. The average molecular weight is 332 g/mol. The first-order valence-electron chi connectivity index (χ1n) is 7.77. The molecule has 2 rings (SSSR count). The zero-order valence-electron chi connectivity index (χ0n) is 13.4. The zero-order chi connectivity index (χ0) is 17.4. The van der Waals surface area contributed by atoms with Crippen LogP contribution < -0.4 is 10.6 Å². The Kier molecular flexibility index (Phi) is 6.73. The number of nitrogens with one attached hydrogen (secondary N) is 2. The van der Waals surface area contributed by atoms with Crippen LogP contribution in [0, 0.1) is 18.2 Å². The fraction of sp³-hybridized carbons (Fsp3) is 0.412. The summed E-state index contributed by atoms with van der Waals surface area (Å²) in [5.74, 6) is 1.80. The van der Waals surface area contributed by atoms with Crippen LogP contribution in [-0.4, -0.2) is 67.4 Å². The van der Waals surface area contributed by atoms with Crippen LogP contribution in [0.2, 0.25) is 0 Å². The monoisotopic (exact) mass is 332 g/mol. The van der Waals surface area contributed by atoms with Gasteiger partial charge in [-0.05, 0) is 24.3 Å². The zero-order valence-corrected chi connectivity index (χ0v) is 13.4. The van der Waals surface area contributed by atoms with Crippen molar-refractivity contribution in [2.45, 2.75) is 0 Å². The topological polar surface area (TPSA) is 64.7 Å². The molecule has 1 saturated heterocycles. The molecule has 2 amide bonds. The molecule has 0 saturated carbocycles. The van der Waals surface area contributed by atoms with Crippen molar-refractivity contribution in [1.29, 1.82) is 0 Å². The Bertz CT molecular complexity index is 604. The molecule has 0 atom stereocenters. The highest BCUT2D eigenvalue weighted by atomic mass is 19.1. The molecule has 0 unspecified atom stereocenters. The van der Waals surface area contributed by atoms with Crippen LogP contribution in [-0.2, 0) is 9.59 Å². The molecule has 1 fully saturated rings. The summed E-state index contributed by atoms with van der Waals surface area (Å²) in [6, 6.07) is 5.67. The fourth-order valence-corrected chi connectivity index (χ4v) is 2.45. The smallest absolute Gasteiger partial charge is 0.238 e. The summed E-state index contributed by atoms with van der Waals surface area (Å²) in [6.45, 7) is 3.67. The van der Waals surface area contributed by atoms with Gasteiger partial charge in [0.05, 0.1) is 19.6 Å². The van der Waals surface area contributed by atoms with Crippen LogP contribution in [0.5, 0.6) is 0 Å². The number of hydrogen-bond donors (Lipinski definition) is 2. The molecular weight excluding hydrogens is 311 g/mol. The molecule has 24 heavy (non-hydrogen) atoms. The van der Waals surface area contributed by atoms with Gasteiger partial charge in [0.2, 0.25) is 11.8 Å². The summed E-state index contributed by atoms with van der Waals surface area (Å²) in [5.41, 5.74) is 0.574. The van der Waals surface area contributed by atoms with Gasteiger partial charge in [-0.1, -0.05) is 5.92 Å². The molecule has 0 radical (unpaired) electrons. The van der Waals surface area contributed by atoms with Gasteiger partial charge >= 0.3 is 0 Å². The minimum absolute atomic E-state index is 0.0875. The maximum absolute atomic E-state index is 12.8. The van der Waals surface area contributed by atoms with Crippen LogP contribution in [0.3, 0.4) is 0 Å². The van der Waals surface area contributed by atoms with E-state index in [0.717, 1.165) is 0 Å². The molecule has 0 aromatic heterocycles. The van der Waals surface area contributed by atoms with E-state index >= 15 is 0 Å². The number of rotatable bonds is 6. The van der Waals surface area contributed by atoms with Crippen molar-refractivity contribution in [2.75, 3.05) is 51.1 Å². The van der Waals surface area contributed by atoms with Gasteiger partial charge in [0.15, 0.2) is 0 Å². The first-order chi connectivity index (χ1) is 11.6. The number of benzene rings is 1. The SMILES string of the molecule is C#CCNC(=O)CN1CCN(CC(=O)Nc2ccc(F)cc2)CC1. The van der Waals surface area contributed by atoms with E-state index in [9.17, 15) is 14.0 Å². The number of carbonyl (C=O) groups excluding carboxylic acids is 2. The number of anilines is 1. The summed E-state index contributed by atoms with van der Waals surface area (Å²) in [6.07, 6.45) is 5.10. The van der Waals surface area contributed by atoms with Crippen LogP contribution in [0.1, 0.15) is 0 Å². The Morgan fingerprint density at radius 1 is 1.04 bits per heavy atom. The lowest BCUT2D eigenvalue weighted by Gasteiger charge is -2.33. The maximum atomic E-state index is 12.8. The first kappa shape index (κ1) is 17.9. The number of terminal acetylenes is 1. The van der Waals surface area contributed by atoms with E-state index < -0.39 is 0 Å². The summed E-state index contributed by atoms with van der Waals surface area (Å²) in [4.78, 5) is 27.7. The van der Waals surface area contributed by atoms with Crippen molar-refractivity contribution in [3.63, 3.8) is 0 Å². The van der Waals surface area contributed by atoms with Gasteiger partial charge in [-0.25, -0.2) is 4.39 Å². The van der Waals surface area contributed by atoms with E-state index in [0.29, 0.717) is 38.4 Å². The lowest BCUT2D eigenvalue weighted by Crippen LogP contribution is -2.51. The number of piperazine rings is 1. The molecule has 0 spiro atoms. The lowest BCUT2D eigenvalue weighted by atomic mass is 10.3. The van der Waals surface area contributed by atoms with Crippen molar-refractivity contribution in [3.05, 3.63) is 30.1 Å². The number of carbonyl (C=O) groups is 2. The second-order valence-corrected chi connectivity index (χ2v) is 5.59. The van der Waals surface area contributed by atoms with Gasteiger partial charge in [0.1, 0.15) is 5.82 Å². The fourth-order valence-electron chi connectivity index (χ4n) is 2.45. The Morgan fingerprint density at radius 3 is 2.12 bits per heavy atom. The van der Waals surface area contributed by atoms with E-state index in [1.165, 1.54) is 24.3 Å². The molecule has 1 aromatic carbocycles. The van der Waals surface area contributed by atoms with Crippen LogP contribution in [0.25, 0.3) is 0 Å². The summed E-state index contributed by atoms with van der Waals surface area (Å²) < 4.78 is 12.8. The predicted octanol–water partition coefficient (Wildman–Crippen LogP) is 0.131. The van der Waals surface area contributed by atoms with Gasteiger partial charge in [0.25, 0.3) is 0 Å². The molecule has 6 nitrogen and oxygen atoms in total. The molecule has 1 aliphatic heterocycles. The third-order valence-corrected chi connectivity index (χ3v) is 3.71. The third kappa shape index (κ3) is 5.99. The van der Waals surface area contributed by atoms with E-state index in [1.54, 1.807) is 0 Å². The van der Waals surface area contributed by atoms with Crippen molar-refractivity contribution < 1.29 is 14.0 Å². The van der Waals surface area contributed by atoms with Gasteiger partial charge < -0.3 is 10.6 Å². The van der Waals surface area contributed by atoms with Crippen molar-refractivity contribution in [3.8, 4) is 12.3 Å². The number of nitrogens with zero attached hydrogens (tertiary/aromatic N) is 2. The molecular formula is C17H21FN4O2. The second kappa shape index (κ2) is 9.01. The van der Waals surface area contributed by atoms with Crippen LogP contribution in [0.4, 0.5) is 10.1 Å². The molecule has 0 aliphatic carbocycles. The number of amides is 2. The van der Waals surface area contributed by atoms with Gasteiger partial charge in [-0.3, -0.25) is 19.4 Å². The van der Waals surface area contributed by atoms with Gasteiger partial charge in [0, 0.05) is 31.9 Å². The molecule has 1 aromatic rings. The molecule has 1 heterocycles. The maximum Gasteiger partial charge on any atom is 0.238 e. The quantitative estimate of drug-likeness (QED) is 0.727. The van der Waals surface area contributed by atoms with Crippen LogP contribution in [0.15, 0.2) is 24.3 Å². The van der Waals surface area contributed by atoms with E-state index in [2.05, 4.69) is 16.6 Å². The average Bonchev–Trinajstić information content (AvgIpc) is 2.57. The number of hydrogen-bond acceptors (Lipinski definition) is 4. The van der Waals surface area contributed by atoms with Crippen molar-refractivity contribution >= 4 is 17.5 Å².